The Kier molecular flexibility index (Phi) is 7.13. The summed E-state index contributed by atoms with van der Waals surface area (Å²) in [6.45, 7) is 0. The number of aromatic nitrogens is 5. The van der Waals surface area contributed by atoms with Gasteiger partial charge in [0.1, 0.15) is 5.58 Å². The first-order chi connectivity index (χ1) is 28.7. The molecular weight excluding hydrogens is 711 g/mol. The molecule has 0 aliphatic rings. The molecule has 0 aliphatic heterocycles. The normalized spacial score (nSPS) is 11.8. The van der Waals surface area contributed by atoms with E-state index in [9.17, 15) is 0 Å². The van der Waals surface area contributed by atoms with Crippen molar-refractivity contribution in [2.75, 3.05) is 0 Å². The van der Waals surface area contributed by atoms with Crippen molar-refractivity contribution < 1.29 is 4.42 Å². The Morgan fingerprint density at radius 3 is 1.91 bits per heavy atom. The zero-order valence-corrected chi connectivity index (χ0v) is 31.0. The molecular formula is C52H31N5O. The Balaban J connectivity index is 0.982. The molecule has 0 atom stereocenters. The molecule has 0 aliphatic carbocycles. The number of hydrogen-bond donors (Lipinski definition) is 0. The van der Waals surface area contributed by atoms with Gasteiger partial charge in [0, 0.05) is 44.6 Å². The van der Waals surface area contributed by atoms with Crippen LogP contribution in [0.25, 0.3) is 116 Å². The minimum Gasteiger partial charge on any atom is -0.454 e. The van der Waals surface area contributed by atoms with Gasteiger partial charge in [0.25, 0.3) is 0 Å². The highest BCUT2D eigenvalue weighted by Crippen LogP contribution is 2.38. The molecule has 58 heavy (non-hydrogen) atoms. The second kappa shape index (κ2) is 12.8. The molecule has 0 spiro atoms. The molecule has 4 heterocycles. The summed E-state index contributed by atoms with van der Waals surface area (Å²) < 4.78 is 8.77. The van der Waals surface area contributed by atoms with Gasteiger partial charge >= 0.3 is 0 Å². The first-order valence-corrected chi connectivity index (χ1v) is 19.4. The van der Waals surface area contributed by atoms with Crippen LogP contribution in [0.3, 0.4) is 0 Å². The number of furan rings is 1. The molecule has 4 aromatic heterocycles. The summed E-state index contributed by atoms with van der Waals surface area (Å²) in [5.74, 6) is 1.57. The predicted octanol–water partition coefficient (Wildman–Crippen LogP) is 13.2. The van der Waals surface area contributed by atoms with Crippen molar-refractivity contribution in [3.8, 4) is 51.1 Å². The third-order valence-electron chi connectivity index (χ3n) is 11.3. The van der Waals surface area contributed by atoms with Crippen LogP contribution in [0, 0.1) is 0 Å². The molecule has 6 nitrogen and oxygen atoms in total. The lowest BCUT2D eigenvalue weighted by Gasteiger charge is -2.11. The van der Waals surface area contributed by atoms with Gasteiger partial charge in [-0.1, -0.05) is 133 Å². The van der Waals surface area contributed by atoms with Crippen molar-refractivity contribution in [1.29, 1.82) is 0 Å². The van der Waals surface area contributed by atoms with Crippen LogP contribution in [-0.4, -0.2) is 24.5 Å². The fraction of sp³-hybridized carbons (Fsp3) is 0. The molecule has 270 valence electrons. The van der Waals surface area contributed by atoms with Crippen LogP contribution in [0.15, 0.2) is 193 Å². The third-order valence-corrected chi connectivity index (χ3v) is 11.3. The maximum Gasteiger partial charge on any atom is 0.186 e. The highest BCUT2D eigenvalue weighted by Gasteiger charge is 2.20. The molecule has 0 unspecified atom stereocenters. The lowest BCUT2D eigenvalue weighted by molar-refractivity contribution is 0.667. The van der Waals surface area contributed by atoms with Crippen LogP contribution in [0.4, 0.5) is 0 Å². The number of hydrogen-bond acceptors (Lipinski definition) is 5. The summed E-state index contributed by atoms with van der Waals surface area (Å²) >= 11 is 0. The molecule has 12 rings (SSSR count). The van der Waals surface area contributed by atoms with E-state index < -0.39 is 0 Å². The van der Waals surface area contributed by atoms with E-state index in [1.54, 1.807) is 6.20 Å². The molecule has 6 heteroatoms. The zero-order chi connectivity index (χ0) is 38.2. The van der Waals surface area contributed by atoms with E-state index >= 15 is 0 Å². The van der Waals surface area contributed by atoms with Crippen LogP contribution in [0.5, 0.6) is 0 Å². The standard InChI is InChI=1S/C52H31N5O/c1-2-12-35-31-38(21-20-32(35)10-1)51-54-50(55-52(56-51)48-49-42(28-29-53-48)41-16-6-8-19-46(41)58-49)37-14-9-13-36(30-37)33-22-25-39(26-23-33)57-44-18-7-5-17-43(44)47-40-15-4-3-11-34(40)24-27-45(47)57/h1-31H. The summed E-state index contributed by atoms with van der Waals surface area (Å²) in [6.07, 6.45) is 1.80. The van der Waals surface area contributed by atoms with E-state index in [0.29, 0.717) is 28.8 Å². The SMILES string of the molecule is c1cc(-c2ccc(-n3c4ccccc4c4c5ccccc5ccc43)cc2)cc(-c2nc(-c3ccc4ccccc4c3)nc(-c3nccc4c3oc3ccccc34)n2)c1. The Hall–Kier alpha value is -7.96. The Labute approximate surface area is 332 Å². The first kappa shape index (κ1) is 32.3. The fourth-order valence-electron chi connectivity index (χ4n) is 8.54. The number of pyridine rings is 1. The zero-order valence-electron chi connectivity index (χ0n) is 31.0. The van der Waals surface area contributed by atoms with Crippen LogP contribution >= 0.6 is 0 Å². The molecule has 0 radical (unpaired) electrons. The van der Waals surface area contributed by atoms with E-state index in [1.807, 2.05) is 36.4 Å². The van der Waals surface area contributed by atoms with E-state index in [1.165, 1.54) is 32.6 Å². The van der Waals surface area contributed by atoms with Crippen molar-refractivity contribution in [2.45, 2.75) is 0 Å². The maximum atomic E-state index is 6.40. The fourth-order valence-corrected chi connectivity index (χ4v) is 8.54. The largest absolute Gasteiger partial charge is 0.454 e. The van der Waals surface area contributed by atoms with Crippen LogP contribution in [-0.2, 0) is 0 Å². The summed E-state index contributed by atoms with van der Waals surface area (Å²) in [7, 11) is 0. The Morgan fingerprint density at radius 2 is 1.05 bits per heavy atom. The molecule has 0 N–H and O–H groups in total. The monoisotopic (exact) mass is 741 g/mol. The number of rotatable bonds is 5. The summed E-state index contributed by atoms with van der Waals surface area (Å²) in [4.78, 5) is 20.0. The Morgan fingerprint density at radius 1 is 0.397 bits per heavy atom. The molecule has 0 saturated carbocycles. The van der Waals surface area contributed by atoms with Gasteiger partial charge in [-0.25, -0.2) is 19.9 Å². The van der Waals surface area contributed by atoms with Gasteiger partial charge < -0.3 is 8.98 Å². The maximum absolute atomic E-state index is 6.40. The van der Waals surface area contributed by atoms with Gasteiger partial charge in [0.05, 0.1) is 11.0 Å². The molecule has 0 bridgehead atoms. The van der Waals surface area contributed by atoms with Crippen LogP contribution in [0.1, 0.15) is 0 Å². The summed E-state index contributed by atoms with van der Waals surface area (Å²) in [6, 6.07) is 63.6. The topological polar surface area (TPSA) is 69.6 Å². The average molecular weight is 742 g/mol. The van der Waals surface area contributed by atoms with Gasteiger partial charge in [0.15, 0.2) is 28.8 Å². The van der Waals surface area contributed by atoms with E-state index in [-0.39, 0.29) is 0 Å². The molecule has 8 aromatic carbocycles. The van der Waals surface area contributed by atoms with Crippen molar-refractivity contribution in [1.82, 2.24) is 24.5 Å². The smallest absolute Gasteiger partial charge is 0.186 e. The predicted molar refractivity (Wildman–Crippen MR) is 236 cm³/mol. The van der Waals surface area contributed by atoms with Gasteiger partial charge in [-0.05, 0) is 81.2 Å². The van der Waals surface area contributed by atoms with Crippen molar-refractivity contribution in [2.24, 2.45) is 0 Å². The molecule has 0 saturated heterocycles. The van der Waals surface area contributed by atoms with Gasteiger partial charge in [0.2, 0.25) is 0 Å². The van der Waals surface area contributed by atoms with Gasteiger partial charge in [-0.2, -0.15) is 0 Å². The second-order valence-electron chi connectivity index (χ2n) is 14.7. The minimum atomic E-state index is 0.450. The molecule has 12 aromatic rings. The lowest BCUT2D eigenvalue weighted by atomic mass is 10.0. The lowest BCUT2D eigenvalue weighted by Crippen LogP contribution is -2.01. The van der Waals surface area contributed by atoms with E-state index in [4.69, 9.17) is 24.4 Å². The second-order valence-corrected chi connectivity index (χ2v) is 14.7. The van der Waals surface area contributed by atoms with Crippen LogP contribution in [0.2, 0.25) is 0 Å². The number of benzene rings is 8. The van der Waals surface area contributed by atoms with Gasteiger partial charge in [-0.3, -0.25) is 0 Å². The number of fused-ring (bicyclic) bond motifs is 9. The quantitative estimate of drug-likeness (QED) is 0.176. The number of nitrogens with zero attached hydrogens (tertiary/aromatic N) is 5. The number of para-hydroxylation sites is 2. The average Bonchev–Trinajstić information content (AvgIpc) is 3.85. The van der Waals surface area contributed by atoms with Crippen molar-refractivity contribution in [3.05, 3.63) is 188 Å². The molecule has 0 fully saturated rings. The summed E-state index contributed by atoms with van der Waals surface area (Å²) in [5, 5.41) is 9.28. The highest BCUT2D eigenvalue weighted by atomic mass is 16.3. The van der Waals surface area contributed by atoms with E-state index in [2.05, 4.69) is 150 Å². The van der Waals surface area contributed by atoms with Crippen molar-refractivity contribution in [3.63, 3.8) is 0 Å². The highest BCUT2D eigenvalue weighted by molar-refractivity contribution is 6.21. The minimum absolute atomic E-state index is 0.450. The summed E-state index contributed by atoms with van der Waals surface area (Å²) in [5.41, 5.74) is 9.42. The first-order valence-electron chi connectivity index (χ1n) is 19.4. The third kappa shape index (κ3) is 5.12. The van der Waals surface area contributed by atoms with Crippen molar-refractivity contribution >= 4 is 65.3 Å². The molecule has 0 amide bonds. The Bertz CT molecular complexity index is 3580. The van der Waals surface area contributed by atoms with E-state index in [0.717, 1.165) is 55.1 Å². The van der Waals surface area contributed by atoms with Crippen LogP contribution < -0.4 is 0 Å². The van der Waals surface area contributed by atoms with Gasteiger partial charge in [-0.15, -0.1) is 0 Å².